The van der Waals surface area contributed by atoms with Crippen molar-refractivity contribution in [2.24, 2.45) is 5.92 Å². The van der Waals surface area contributed by atoms with E-state index >= 15 is 0 Å². The molecule has 0 N–H and O–H groups in total. The van der Waals surface area contributed by atoms with Gasteiger partial charge in [-0.25, -0.2) is 9.18 Å². The second-order valence-electron chi connectivity index (χ2n) is 8.06. The molecule has 1 aromatic rings. The molecule has 1 aliphatic carbocycles. The van der Waals surface area contributed by atoms with Gasteiger partial charge in [0, 0.05) is 18.8 Å². The number of halogens is 2. The summed E-state index contributed by atoms with van der Waals surface area (Å²) in [5, 5.41) is -0.0425. The van der Waals surface area contributed by atoms with Gasteiger partial charge in [0.1, 0.15) is 17.5 Å². The van der Waals surface area contributed by atoms with Crippen LogP contribution in [-0.2, 0) is 9.53 Å². The van der Waals surface area contributed by atoms with E-state index in [2.05, 4.69) is 0 Å². The zero-order chi connectivity index (χ0) is 19.2. The molecule has 3 rings (SSSR count). The Balaban J connectivity index is 1.84. The molecule has 3 atom stereocenters. The van der Waals surface area contributed by atoms with Crippen LogP contribution in [0.5, 0.6) is 0 Å². The summed E-state index contributed by atoms with van der Waals surface area (Å²) in [5.41, 5.74) is -0.128. The Morgan fingerprint density at radius 2 is 2.00 bits per heavy atom. The monoisotopic (exact) mass is 382 g/mol. The number of rotatable bonds is 2. The maximum atomic E-state index is 13.4. The minimum absolute atomic E-state index is 0.0361. The van der Waals surface area contributed by atoms with Crippen LogP contribution in [0.2, 0.25) is 5.02 Å². The first kappa shape index (κ1) is 19.0. The number of fused-ring (bicyclic) bond motifs is 2. The van der Waals surface area contributed by atoms with Crippen LogP contribution in [0.1, 0.15) is 40.0 Å². The lowest BCUT2D eigenvalue weighted by Crippen LogP contribution is -2.54. The second-order valence-corrected chi connectivity index (χ2v) is 8.46. The summed E-state index contributed by atoms with van der Waals surface area (Å²) in [6, 6.07) is 3.63. The number of likely N-dealkylation sites (tertiary alicyclic amines) is 1. The molecule has 7 heteroatoms. The molecule has 2 aliphatic rings. The van der Waals surface area contributed by atoms with E-state index in [0.717, 1.165) is 19.3 Å². The molecule has 0 aromatic heterocycles. The van der Waals surface area contributed by atoms with Gasteiger partial charge in [-0.15, -0.1) is 0 Å². The van der Waals surface area contributed by atoms with Crippen LogP contribution >= 0.6 is 11.6 Å². The van der Waals surface area contributed by atoms with Crippen LogP contribution in [0.25, 0.3) is 0 Å². The van der Waals surface area contributed by atoms with E-state index in [-0.39, 0.29) is 22.9 Å². The van der Waals surface area contributed by atoms with Gasteiger partial charge >= 0.3 is 6.09 Å². The minimum Gasteiger partial charge on any atom is -0.444 e. The summed E-state index contributed by atoms with van der Waals surface area (Å²) in [6.45, 7) is 5.42. The third-order valence-electron chi connectivity index (χ3n) is 5.06. The molecular weight excluding hydrogens is 359 g/mol. The molecule has 1 aliphatic heterocycles. The van der Waals surface area contributed by atoms with E-state index in [1.165, 1.54) is 23.1 Å². The van der Waals surface area contributed by atoms with Gasteiger partial charge < -0.3 is 9.64 Å². The van der Waals surface area contributed by atoms with Crippen molar-refractivity contribution in [3.63, 3.8) is 0 Å². The average Bonchev–Trinajstić information content (AvgIpc) is 3.15. The Bertz CT molecular complexity index is 734. The summed E-state index contributed by atoms with van der Waals surface area (Å²) in [6.07, 6.45) is 2.17. The van der Waals surface area contributed by atoms with Crippen molar-refractivity contribution in [1.29, 1.82) is 0 Å². The predicted molar refractivity (Wildman–Crippen MR) is 97.8 cm³/mol. The Morgan fingerprint density at radius 1 is 1.31 bits per heavy atom. The van der Waals surface area contributed by atoms with Gasteiger partial charge in [0.15, 0.2) is 0 Å². The SMILES string of the molecule is CN(C(=O)[C@@H]1[C@H]2CC[C@H](C2)N1C(=O)OC(C)(C)C)c1ccc(F)c(Cl)c1. The van der Waals surface area contributed by atoms with Gasteiger partial charge in [-0.1, -0.05) is 11.6 Å². The van der Waals surface area contributed by atoms with E-state index in [1.807, 2.05) is 20.8 Å². The molecule has 0 unspecified atom stereocenters. The Kier molecular flexibility index (Phi) is 4.90. The van der Waals surface area contributed by atoms with Gasteiger partial charge in [0.2, 0.25) is 5.91 Å². The Hall–Kier alpha value is -1.82. The van der Waals surface area contributed by atoms with Crippen molar-refractivity contribution in [2.75, 3.05) is 11.9 Å². The molecule has 5 nitrogen and oxygen atoms in total. The molecule has 26 heavy (non-hydrogen) atoms. The molecule has 0 radical (unpaired) electrons. The van der Waals surface area contributed by atoms with E-state index in [9.17, 15) is 14.0 Å². The van der Waals surface area contributed by atoms with Crippen molar-refractivity contribution in [3.8, 4) is 0 Å². The smallest absolute Gasteiger partial charge is 0.411 e. The maximum absolute atomic E-state index is 13.4. The van der Waals surface area contributed by atoms with E-state index in [1.54, 1.807) is 11.9 Å². The zero-order valence-electron chi connectivity index (χ0n) is 15.5. The maximum Gasteiger partial charge on any atom is 0.411 e. The Labute approximate surface area is 158 Å². The lowest BCUT2D eigenvalue weighted by Gasteiger charge is -2.37. The number of piperidine rings is 1. The molecule has 0 spiro atoms. The fraction of sp³-hybridized carbons (Fsp3) is 0.579. The van der Waals surface area contributed by atoms with Crippen LogP contribution < -0.4 is 4.90 Å². The minimum atomic E-state index is -0.622. The number of nitrogens with zero attached hydrogens (tertiary/aromatic N) is 2. The molecule has 2 bridgehead atoms. The number of carbonyl (C=O) groups is 2. The van der Waals surface area contributed by atoms with Gasteiger partial charge in [0.25, 0.3) is 0 Å². The molecule has 2 amide bonds. The fourth-order valence-electron chi connectivity index (χ4n) is 3.90. The number of carbonyl (C=O) groups excluding carboxylic acids is 2. The standard InChI is InChI=1S/C19H24ClFN2O3/c1-19(2,3)26-18(25)23-13-6-5-11(9-13)16(23)17(24)22(4)12-7-8-15(21)14(20)10-12/h7-8,10-11,13,16H,5-6,9H2,1-4H3/t11-,13+,16-/m0/s1. The summed E-state index contributed by atoms with van der Waals surface area (Å²) in [5.74, 6) is -0.615. The third-order valence-corrected chi connectivity index (χ3v) is 5.35. The van der Waals surface area contributed by atoms with Gasteiger partial charge in [-0.3, -0.25) is 9.69 Å². The van der Waals surface area contributed by atoms with Crippen LogP contribution in [0, 0.1) is 11.7 Å². The highest BCUT2D eigenvalue weighted by Crippen LogP contribution is 2.44. The molecule has 1 aromatic carbocycles. The molecule has 142 valence electrons. The summed E-state index contributed by atoms with van der Waals surface area (Å²) in [4.78, 5) is 28.9. The zero-order valence-corrected chi connectivity index (χ0v) is 16.2. The van der Waals surface area contributed by atoms with Crippen LogP contribution in [0.4, 0.5) is 14.9 Å². The van der Waals surface area contributed by atoms with Gasteiger partial charge in [-0.05, 0) is 64.2 Å². The van der Waals surface area contributed by atoms with Crippen molar-refractivity contribution in [1.82, 2.24) is 4.90 Å². The van der Waals surface area contributed by atoms with Crippen molar-refractivity contribution < 1.29 is 18.7 Å². The molecule has 2 fully saturated rings. The van der Waals surface area contributed by atoms with E-state index < -0.39 is 23.6 Å². The number of benzene rings is 1. The topological polar surface area (TPSA) is 49.9 Å². The average molecular weight is 383 g/mol. The van der Waals surface area contributed by atoms with Crippen molar-refractivity contribution in [3.05, 3.63) is 29.0 Å². The lowest BCUT2D eigenvalue weighted by molar-refractivity contribution is -0.125. The molecule has 1 heterocycles. The largest absolute Gasteiger partial charge is 0.444 e. The summed E-state index contributed by atoms with van der Waals surface area (Å²) in [7, 11) is 1.62. The van der Waals surface area contributed by atoms with Crippen LogP contribution in [-0.4, -0.2) is 41.6 Å². The highest BCUT2D eigenvalue weighted by atomic mass is 35.5. The van der Waals surface area contributed by atoms with Crippen molar-refractivity contribution >= 4 is 29.3 Å². The van der Waals surface area contributed by atoms with Gasteiger partial charge in [0.05, 0.1) is 5.02 Å². The first-order chi connectivity index (χ1) is 12.1. The first-order valence-corrected chi connectivity index (χ1v) is 9.20. The highest BCUT2D eigenvalue weighted by Gasteiger charge is 2.53. The number of anilines is 1. The third kappa shape index (κ3) is 3.52. The second kappa shape index (κ2) is 6.72. The normalized spacial score (nSPS) is 24.7. The number of ether oxygens (including phenoxy) is 1. The number of hydrogen-bond acceptors (Lipinski definition) is 3. The van der Waals surface area contributed by atoms with Gasteiger partial charge in [-0.2, -0.15) is 0 Å². The molecular formula is C19H24ClFN2O3. The quantitative estimate of drug-likeness (QED) is 0.769. The molecule has 1 saturated heterocycles. The van der Waals surface area contributed by atoms with E-state index in [4.69, 9.17) is 16.3 Å². The predicted octanol–water partition coefficient (Wildman–Crippen LogP) is 4.23. The first-order valence-electron chi connectivity index (χ1n) is 8.82. The van der Waals surface area contributed by atoms with Crippen LogP contribution in [0.3, 0.4) is 0 Å². The summed E-state index contributed by atoms with van der Waals surface area (Å²) >= 11 is 5.84. The molecule has 1 saturated carbocycles. The van der Waals surface area contributed by atoms with E-state index in [0.29, 0.717) is 5.69 Å². The fourth-order valence-corrected chi connectivity index (χ4v) is 4.08. The number of amides is 2. The van der Waals surface area contributed by atoms with Crippen molar-refractivity contribution in [2.45, 2.75) is 57.7 Å². The number of likely N-dealkylation sites (N-methyl/N-ethyl adjacent to an activating group) is 1. The lowest BCUT2D eigenvalue weighted by atomic mass is 9.97. The van der Waals surface area contributed by atoms with Crippen LogP contribution in [0.15, 0.2) is 18.2 Å². The number of hydrogen-bond donors (Lipinski definition) is 0. The summed E-state index contributed by atoms with van der Waals surface area (Å²) < 4.78 is 18.9. The highest BCUT2D eigenvalue weighted by molar-refractivity contribution is 6.31. The Morgan fingerprint density at radius 3 is 2.62 bits per heavy atom.